The van der Waals surface area contributed by atoms with Gasteiger partial charge in [-0.25, -0.2) is 14.0 Å². The number of amides is 2. The van der Waals surface area contributed by atoms with Crippen LogP contribution in [0.2, 0.25) is 0 Å². The molecule has 1 rings (SSSR count). The summed E-state index contributed by atoms with van der Waals surface area (Å²) in [4.78, 5) is 21.9. The number of rotatable bonds is 6. The Morgan fingerprint density at radius 3 is 2.68 bits per heavy atom. The molecule has 0 saturated carbocycles. The predicted octanol–water partition coefficient (Wildman–Crippen LogP) is 0.113. The first-order valence-electron chi connectivity index (χ1n) is 5.65. The van der Waals surface area contributed by atoms with Crippen LogP contribution in [0.5, 0.6) is 0 Å². The Labute approximate surface area is 109 Å². The molecular weight excluding hydrogens is 255 g/mol. The molecule has 0 aliphatic rings. The highest BCUT2D eigenvalue weighted by molar-refractivity contribution is 5.82. The number of benzene rings is 1. The molecule has 0 aliphatic carbocycles. The highest BCUT2D eigenvalue weighted by Gasteiger charge is 2.17. The van der Waals surface area contributed by atoms with Gasteiger partial charge in [0.1, 0.15) is 5.82 Å². The van der Waals surface area contributed by atoms with Crippen molar-refractivity contribution in [3.05, 3.63) is 35.6 Å². The van der Waals surface area contributed by atoms with Crippen LogP contribution in [0.3, 0.4) is 0 Å². The topological polar surface area (TPSA) is 98.7 Å². The van der Waals surface area contributed by atoms with Crippen LogP contribution in [0.15, 0.2) is 24.3 Å². The van der Waals surface area contributed by atoms with Crippen LogP contribution >= 0.6 is 0 Å². The van der Waals surface area contributed by atoms with Crippen molar-refractivity contribution in [3.8, 4) is 0 Å². The fourth-order valence-corrected chi connectivity index (χ4v) is 1.41. The van der Waals surface area contributed by atoms with Gasteiger partial charge >= 0.3 is 12.0 Å². The summed E-state index contributed by atoms with van der Waals surface area (Å²) in [7, 11) is 0. The number of halogens is 1. The average Bonchev–Trinajstić information content (AvgIpc) is 2.35. The molecule has 6 nitrogen and oxygen atoms in total. The van der Waals surface area contributed by atoms with Crippen LogP contribution in [-0.2, 0) is 11.2 Å². The summed E-state index contributed by atoms with van der Waals surface area (Å²) in [6.45, 7) is -0.459. The van der Waals surface area contributed by atoms with E-state index in [0.29, 0.717) is 6.42 Å². The summed E-state index contributed by atoms with van der Waals surface area (Å²) in [5, 5.41) is 21.8. The van der Waals surface area contributed by atoms with E-state index in [-0.39, 0.29) is 12.4 Å². The Morgan fingerprint density at radius 2 is 2.11 bits per heavy atom. The summed E-state index contributed by atoms with van der Waals surface area (Å²) in [5.41, 5.74) is 0.720. The first-order valence-corrected chi connectivity index (χ1v) is 5.65. The molecule has 0 fully saturated rings. The molecule has 104 valence electrons. The zero-order valence-electron chi connectivity index (χ0n) is 10.1. The third kappa shape index (κ3) is 5.35. The lowest BCUT2D eigenvalue weighted by Crippen LogP contribution is -2.48. The van der Waals surface area contributed by atoms with E-state index < -0.39 is 24.6 Å². The van der Waals surface area contributed by atoms with E-state index in [1.54, 1.807) is 12.1 Å². The Balaban J connectivity index is 2.33. The van der Waals surface area contributed by atoms with Crippen LogP contribution in [0.4, 0.5) is 9.18 Å². The molecule has 2 amide bonds. The number of hydrogen-bond acceptors (Lipinski definition) is 3. The normalized spacial score (nSPS) is 11.7. The van der Waals surface area contributed by atoms with Crippen molar-refractivity contribution < 1.29 is 24.2 Å². The first-order chi connectivity index (χ1) is 9.02. The van der Waals surface area contributed by atoms with Crippen molar-refractivity contribution in [2.75, 3.05) is 13.2 Å². The minimum Gasteiger partial charge on any atom is -0.480 e. The molecule has 0 heterocycles. The van der Waals surface area contributed by atoms with Crippen LogP contribution in [0.1, 0.15) is 5.56 Å². The first kappa shape index (κ1) is 14.9. The van der Waals surface area contributed by atoms with E-state index in [9.17, 15) is 14.0 Å². The number of carbonyl (C=O) groups excluding carboxylic acids is 1. The van der Waals surface area contributed by atoms with Gasteiger partial charge in [0, 0.05) is 6.54 Å². The summed E-state index contributed by atoms with van der Waals surface area (Å²) in [6, 6.07) is 3.93. The Kier molecular flexibility index (Phi) is 5.74. The molecule has 1 aromatic carbocycles. The molecule has 0 spiro atoms. The second-order valence-corrected chi connectivity index (χ2v) is 3.85. The average molecular weight is 270 g/mol. The van der Waals surface area contributed by atoms with Gasteiger partial charge in [0.2, 0.25) is 0 Å². The molecule has 0 bridgehead atoms. The summed E-state index contributed by atoms with van der Waals surface area (Å²) in [6.07, 6.45) is 0.419. The van der Waals surface area contributed by atoms with E-state index in [4.69, 9.17) is 10.2 Å². The SMILES string of the molecule is O=C(NCCc1cccc(F)c1)N[C@@H](CO)C(=O)O. The van der Waals surface area contributed by atoms with E-state index in [2.05, 4.69) is 10.6 Å². The van der Waals surface area contributed by atoms with Crippen LogP contribution in [-0.4, -0.2) is 41.4 Å². The third-order valence-electron chi connectivity index (χ3n) is 2.37. The number of aliphatic hydroxyl groups is 1. The summed E-state index contributed by atoms with van der Waals surface area (Å²) < 4.78 is 12.9. The molecule has 0 aliphatic heterocycles. The fourth-order valence-electron chi connectivity index (χ4n) is 1.41. The lowest BCUT2D eigenvalue weighted by Gasteiger charge is -2.12. The van der Waals surface area contributed by atoms with E-state index in [1.165, 1.54) is 12.1 Å². The number of carboxylic acid groups (broad SMARTS) is 1. The molecule has 1 atom stereocenters. The molecule has 0 unspecified atom stereocenters. The maximum Gasteiger partial charge on any atom is 0.328 e. The Morgan fingerprint density at radius 1 is 1.37 bits per heavy atom. The lowest BCUT2D eigenvalue weighted by atomic mass is 10.1. The monoisotopic (exact) mass is 270 g/mol. The van der Waals surface area contributed by atoms with Crippen molar-refractivity contribution >= 4 is 12.0 Å². The molecule has 0 aromatic heterocycles. The van der Waals surface area contributed by atoms with E-state index >= 15 is 0 Å². The standard InChI is InChI=1S/C12H15FN2O4/c13-9-3-1-2-8(6-9)4-5-14-12(19)15-10(7-16)11(17)18/h1-3,6,10,16H,4-5,7H2,(H,17,18)(H2,14,15,19)/t10-/m0/s1. The third-order valence-corrected chi connectivity index (χ3v) is 2.37. The molecule has 1 aromatic rings. The number of hydrogen-bond donors (Lipinski definition) is 4. The van der Waals surface area contributed by atoms with Gasteiger partial charge in [-0.1, -0.05) is 12.1 Å². The van der Waals surface area contributed by atoms with Gasteiger partial charge in [-0.3, -0.25) is 0 Å². The fraction of sp³-hybridized carbons (Fsp3) is 0.333. The quantitative estimate of drug-likeness (QED) is 0.589. The van der Waals surface area contributed by atoms with Crippen molar-refractivity contribution in [1.82, 2.24) is 10.6 Å². The molecule has 0 saturated heterocycles. The molecule has 4 N–H and O–H groups in total. The molecule has 0 radical (unpaired) electrons. The van der Waals surface area contributed by atoms with Gasteiger partial charge < -0.3 is 20.8 Å². The number of aliphatic hydroxyl groups excluding tert-OH is 1. The van der Waals surface area contributed by atoms with Crippen molar-refractivity contribution in [3.63, 3.8) is 0 Å². The zero-order valence-corrected chi connectivity index (χ0v) is 10.1. The number of carbonyl (C=O) groups is 2. The second-order valence-electron chi connectivity index (χ2n) is 3.85. The predicted molar refractivity (Wildman–Crippen MR) is 65.1 cm³/mol. The number of urea groups is 1. The Hall–Kier alpha value is -2.15. The van der Waals surface area contributed by atoms with Crippen molar-refractivity contribution in [2.24, 2.45) is 0 Å². The maximum absolute atomic E-state index is 12.9. The largest absolute Gasteiger partial charge is 0.480 e. The van der Waals surface area contributed by atoms with Crippen LogP contribution in [0, 0.1) is 5.82 Å². The van der Waals surface area contributed by atoms with Crippen molar-refractivity contribution in [2.45, 2.75) is 12.5 Å². The van der Waals surface area contributed by atoms with Crippen LogP contribution in [0.25, 0.3) is 0 Å². The number of nitrogens with one attached hydrogen (secondary N) is 2. The van der Waals surface area contributed by atoms with Gasteiger partial charge in [0.05, 0.1) is 6.61 Å². The zero-order chi connectivity index (χ0) is 14.3. The molecule has 19 heavy (non-hydrogen) atoms. The minimum atomic E-state index is -1.34. The van der Waals surface area contributed by atoms with Gasteiger partial charge in [-0.15, -0.1) is 0 Å². The maximum atomic E-state index is 12.9. The smallest absolute Gasteiger partial charge is 0.328 e. The van der Waals surface area contributed by atoms with Gasteiger partial charge in [-0.2, -0.15) is 0 Å². The summed E-state index contributed by atoms with van der Waals surface area (Å²) >= 11 is 0. The minimum absolute atomic E-state index is 0.229. The molecular formula is C12H15FN2O4. The summed E-state index contributed by atoms with van der Waals surface area (Å²) in [5.74, 6) is -1.67. The lowest BCUT2D eigenvalue weighted by molar-refractivity contribution is -0.140. The van der Waals surface area contributed by atoms with Gasteiger partial charge in [0.25, 0.3) is 0 Å². The molecule has 7 heteroatoms. The van der Waals surface area contributed by atoms with E-state index in [0.717, 1.165) is 5.56 Å². The second kappa shape index (κ2) is 7.32. The van der Waals surface area contributed by atoms with Crippen LogP contribution < -0.4 is 10.6 Å². The highest BCUT2D eigenvalue weighted by atomic mass is 19.1. The van der Waals surface area contributed by atoms with Crippen molar-refractivity contribution in [1.29, 1.82) is 0 Å². The Bertz CT molecular complexity index is 453. The van der Waals surface area contributed by atoms with E-state index in [1.807, 2.05) is 0 Å². The number of carboxylic acids is 1. The van der Waals surface area contributed by atoms with Gasteiger partial charge in [-0.05, 0) is 24.1 Å². The van der Waals surface area contributed by atoms with Gasteiger partial charge in [0.15, 0.2) is 6.04 Å². The highest BCUT2D eigenvalue weighted by Crippen LogP contribution is 2.03. The number of aliphatic carboxylic acids is 1.